The zero-order valence-electron chi connectivity index (χ0n) is 11.6. The Morgan fingerprint density at radius 2 is 2.16 bits per heavy atom. The number of piperazine rings is 1. The first-order valence-corrected chi connectivity index (χ1v) is 6.38. The van der Waals surface area contributed by atoms with E-state index >= 15 is 0 Å². The average molecular weight is 264 g/mol. The molecule has 1 amide bonds. The Hall–Kier alpha value is -1.75. The van der Waals surface area contributed by atoms with Gasteiger partial charge in [0.2, 0.25) is 5.91 Å². The zero-order valence-corrected chi connectivity index (χ0v) is 11.6. The van der Waals surface area contributed by atoms with Crippen LogP contribution in [0.4, 0.5) is 0 Å². The van der Waals surface area contributed by atoms with Crippen molar-refractivity contribution in [1.29, 1.82) is 0 Å². The summed E-state index contributed by atoms with van der Waals surface area (Å²) >= 11 is 0. The van der Waals surface area contributed by atoms with Crippen molar-refractivity contribution in [2.45, 2.75) is 19.5 Å². The van der Waals surface area contributed by atoms with Crippen molar-refractivity contribution >= 4 is 5.91 Å². The number of amides is 1. The third kappa shape index (κ3) is 2.98. The summed E-state index contributed by atoms with van der Waals surface area (Å²) in [4.78, 5) is 13.8. The van der Waals surface area contributed by atoms with Crippen LogP contribution in [0.15, 0.2) is 18.2 Å². The lowest BCUT2D eigenvalue weighted by atomic mass is 10.1. The number of methoxy groups -OCH3 is 2. The summed E-state index contributed by atoms with van der Waals surface area (Å²) in [5, 5.41) is 2.86. The maximum atomic E-state index is 11.6. The molecule has 1 aromatic rings. The van der Waals surface area contributed by atoms with E-state index in [0.29, 0.717) is 13.1 Å². The van der Waals surface area contributed by atoms with Gasteiger partial charge in [-0.2, -0.15) is 0 Å². The molecule has 1 unspecified atom stereocenters. The van der Waals surface area contributed by atoms with Gasteiger partial charge in [0.25, 0.3) is 0 Å². The third-order valence-corrected chi connectivity index (χ3v) is 3.49. The lowest BCUT2D eigenvalue weighted by Crippen LogP contribution is -2.53. The Kier molecular flexibility index (Phi) is 4.27. The maximum Gasteiger partial charge on any atom is 0.237 e. The van der Waals surface area contributed by atoms with Crippen LogP contribution in [0.25, 0.3) is 0 Å². The number of benzene rings is 1. The van der Waals surface area contributed by atoms with E-state index in [1.54, 1.807) is 14.2 Å². The fourth-order valence-electron chi connectivity index (χ4n) is 2.25. The van der Waals surface area contributed by atoms with E-state index in [1.165, 1.54) is 0 Å². The molecule has 1 aliphatic heterocycles. The standard InChI is InChI=1S/C14H20N2O3/c1-10-14(17)15-6-7-16(10)9-11-4-5-12(18-2)8-13(11)19-3/h4-5,8,10H,6-7,9H2,1-3H3,(H,15,17). The van der Waals surface area contributed by atoms with Crippen LogP contribution in [-0.2, 0) is 11.3 Å². The van der Waals surface area contributed by atoms with Crippen molar-refractivity contribution in [2.75, 3.05) is 27.3 Å². The lowest BCUT2D eigenvalue weighted by molar-refractivity contribution is -0.128. The number of nitrogens with zero attached hydrogens (tertiary/aromatic N) is 1. The number of ether oxygens (including phenoxy) is 2. The van der Waals surface area contributed by atoms with Crippen molar-refractivity contribution in [1.82, 2.24) is 10.2 Å². The molecule has 1 saturated heterocycles. The second-order valence-electron chi connectivity index (χ2n) is 4.62. The molecule has 0 aromatic heterocycles. The number of carbonyl (C=O) groups is 1. The van der Waals surface area contributed by atoms with Gasteiger partial charge >= 0.3 is 0 Å². The molecule has 0 spiro atoms. The molecule has 1 atom stereocenters. The minimum absolute atomic E-state index is 0.0822. The van der Waals surface area contributed by atoms with E-state index in [4.69, 9.17) is 9.47 Å². The van der Waals surface area contributed by atoms with Gasteiger partial charge < -0.3 is 14.8 Å². The van der Waals surface area contributed by atoms with Gasteiger partial charge in [0, 0.05) is 31.3 Å². The predicted molar refractivity (Wildman–Crippen MR) is 72.4 cm³/mol. The van der Waals surface area contributed by atoms with Gasteiger partial charge in [-0.15, -0.1) is 0 Å². The molecule has 1 heterocycles. The normalized spacial score (nSPS) is 19.9. The summed E-state index contributed by atoms with van der Waals surface area (Å²) in [5.74, 6) is 1.64. The molecule has 5 heteroatoms. The molecule has 0 aliphatic carbocycles. The second kappa shape index (κ2) is 5.93. The number of hydrogen-bond donors (Lipinski definition) is 1. The van der Waals surface area contributed by atoms with Crippen LogP contribution in [0.2, 0.25) is 0 Å². The SMILES string of the molecule is COc1ccc(CN2CCNC(=O)C2C)c(OC)c1. The number of rotatable bonds is 4. The molecule has 0 bridgehead atoms. The third-order valence-electron chi connectivity index (χ3n) is 3.49. The molecule has 1 N–H and O–H groups in total. The molecule has 19 heavy (non-hydrogen) atoms. The van der Waals surface area contributed by atoms with Gasteiger partial charge in [-0.25, -0.2) is 0 Å². The molecule has 5 nitrogen and oxygen atoms in total. The minimum Gasteiger partial charge on any atom is -0.497 e. The molecule has 1 aromatic carbocycles. The largest absolute Gasteiger partial charge is 0.497 e. The van der Waals surface area contributed by atoms with Gasteiger partial charge in [-0.05, 0) is 13.0 Å². The van der Waals surface area contributed by atoms with Crippen molar-refractivity contribution in [3.63, 3.8) is 0 Å². The molecular weight excluding hydrogens is 244 g/mol. The van der Waals surface area contributed by atoms with Gasteiger partial charge in [-0.3, -0.25) is 9.69 Å². The van der Waals surface area contributed by atoms with Gasteiger partial charge in [0.1, 0.15) is 11.5 Å². The quantitative estimate of drug-likeness (QED) is 0.882. The van der Waals surface area contributed by atoms with Crippen molar-refractivity contribution in [3.8, 4) is 11.5 Å². The van der Waals surface area contributed by atoms with E-state index in [-0.39, 0.29) is 11.9 Å². The molecule has 1 fully saturated rings. The summed E-state index contributed by atoms with van der Waals surface area (Å²) in [6.07, 6.45) is 0. The molecule has 104 valence electrons. The summed E-state index contributed by atoms with van der Waals surface area (Å²) in [5.41, 5.74) is 1.06. The Bertz CT molecular complexity index is 462. The Balaban J connectivity index is 2.16. The lowest BCUT2D eigenvalue weighted by Gasteiger charge is -2.33. The highest BCUT2D eigenvalue weighted by atomic mass is 16.5. The first-order valence-electron chi connectivity index (χ1n) is 6.38. The summed E-state index contributed by atoms with van der Waals surface area (Å²) in [6, 6.07) is 5.65. The van der Waals surface area contributed by atoms with Crippen LogP contribution < -0.4 is 14.8 Å². The van der Waals surface area contributed by atoms with Gasteiger partial charge in [0.15, 0.2) is 0 Å². The number of carbonyl (C=O) groups excluding carboxylic acids is 1. The van der Waals surface area contributed by atoms with Gasteiger partial charge in [-0.1, -0.05) is 6.07 Å². The number of hydrogen-bond acceptors (Lipinski definition) is 4. The first-order chi connectivity index (χ1) is 9.15. The molecule has 0 radical (unpaired) electrons. The fraction of sp³-hybridized carbons (Fsp3) is 0.500. The van der Waals surface area contributed by atoms with Crippen LogP contribution >= 0.6 is 0 Å². The summed E-state index contributed by atoms with van der Waals surface area (Å²) in [6.45, 7) is 4.16. The Morgan fingerprint density at radius 1 is 1.37 bits per heavy atom. The highest BCUT2D eigenvalue weighted by Gasteiger charge is 2.25. The maximum absolute atomic E-state index is 11.6. The van der Waals surface area contributed by atoms with Crippen LogP contribution in [0, 0.1) is 0 Å². The average Bonchev–Trinajstić information content (AvgIpc) is 2.44. The Morgan fingerprint density at radius 3 is 2.84 bits per heavy atom. The van der Waals surface area contributed by atoms with Crippen LogP contribution in [0.5, 0.6) is 11.5 Å². The van der Waals surface area contributed by atoms with E-state index in [9.17, 15) is 4.79 Å². The second-order valence-corrected chi connectivity index (χ2v) is 4.62. The molecule has 2 rings (SSSR count). The molecule has 0 saturated carbocycles. The van der Waals surface area contributed by atoms with Crippen LogP contribution in [-0.4, -0.2) is 44.2 Å². The van der Waals surface area contributed by atoms with E-state index in [2.05, 4.69) is 10.2 Å². The highest BCUT2D eigenvalue weighted by molar-refractivity contribution is 5.82. The monoisotopic (exact) mass is 264 g/mol. The number of nitrogens with one attached hydrogen (secondary N) is 1. The van der Waals surface area contributed by atoms with Crippen molar-refractivity contribution in [3.05, 3.63) is 23.8 Å². The van der Waals surface area contributed by atoms with Crippen LogP contribution in [0.1, 0.15) is 12.5 Å². The first kappa shape index (κ1) is 13.7. The molecule has 1 aliphatic rings. The van der Waals surface area contributed by atoms with E-state index < -0.39 is 0 Å². The summed E-state index contributed by atoms with van der Waals surface area (Å²) < 4.78 is 10.6. The van der Waals surface area contributed by atoms with Gasteiger partial charge in [0.05, 0.1) is 20.3 Å². The smallest absolute Gasteiger partial charge is 0.237 e. The van der Waals surface area contributed by atoms with E-state index in [0.717, 1.165) is 23.6 Å². The summed E-state index contributed by atoms with van der Waals surface area (Å²) in [7, 11) is 3.27. The van der Waals surface area contributed by atoms with Crippen molar-refractivity contribution in [2.24, 2.45) is 0 Å². The molecular formula is C14H20N2O3. The zero-order chi connectivity index (χ0) is 13.8. The highest BCUT2D eigenvalue weighted by Crippen LogP contribution is 2.26. The topological polar surface area (TPSA) is 50.8 Å². The van der Waals surface area contributed by atoms with E-state index in [1.807, 2.05) is 25.1 Å². The van der Waals surface area contributed by atoms with Crippen LogP contribution in [0.3, 0.4) is 0 Å². The minimum atomic E-state index is -0.111. The van der Waals surface area contributed by atoms with Crippen molar-refractivity contribution < 1.29 is 14.3 Å². The predicted octanol–water partition coefficient (Wildman–Crippen LogP) is 1.02. The fourth-order valence-corrected chi connectivity index (χ4v) is 2.25. The Labute approximate surface area is 113 Å².